The summed E-state index contributed by atoms with van der Waals surface area (Å²) in [6.07, 6.45) is 2.11. The summed E-state index contributed by atoms with van der Waals surface area (Å²) in [5.74, 6) is 0.894. The second kappa shape index (κ2) is 9.45. The van der Waals surface area contributed by atoms with Gasteiger partial charge in [0, 0.05) is 18.7 Å². The lowest BCUT2D eigenvalue weighted by molar-refractivity contribution is -0.129. The van der Waals surface area contributed by atoms with Crippen LogP contribution in [-0.4, -0.2) is 37.5 Å². The average Bonchev–Trinajstić information content (AvgIpc) is 3.09. The molecule has 1 saturated heterocycles. The molecule has 2 amide bonds. The van der Waals surface area contributed by atoms with Gasteiger partial charge in [-0.25, -0.2) is 0 Å². The van der Waals surface area contributed by atoms with Crippen LogP contribution < -0.4 is 14.8 Å². The maximum atomic E-state index is 13.1. The highest BCUT2D eigenvalue weighted by atomic mass is 16.5. The third-order valence-corrected chi connectivity index (χ3v) is 5.34. The van der Waals surface area contributed by atoms with Crippen molar-refractivity contribution in [3.05, 3.63) is 54.1 Å². The number of nitrogens with zero attached hydrogens (tertiary/aromatic N) is 1. The van der Waals surface area contributed by atoms with Crippen LogP contribution in [0.3, 0.4) is 0 Å². The van der Waals surface area contributed by atoms with Crippen LogP contribution >= 0.6 is 0 Å². The largest absolute Gasteiger partial charge is 0.497 e. The Balaban J connectivity index is 1.84. The first-order chi connectivity index (χ1) is 14.1. The quantitative estimate of drug-likeness (QED) is 0.731. The molecule has 0 saturated carbocycles. The summed E-state index contributed by atoms with van der Waals surface area (Å²) in [6.45, 7) is 2.75. The van der Waals surface area contributed by atoms with E-state index >= 15 is 0 Å². The van der Waals surface area contributed by atoms with Crippen LogP contribution in [0.4, 0.5) is 5.69 Å². The van der Waals surface area contributed by atoms with E-state index in [-0.39, 0.29) is 24.3 Å². The van der Waals surface area contributed by atoms with Crippen molar-refractivity contribution >= 4 is 17.5 Å². The van der Waals surface area contributed by atoms with Gasteiger partial charge in [0.2, 0.25) is 11.8 Å². The van der Waals surface area contributed by atoms with Crippen LogP contribution in [0.2, 0.25) is 0 Å². The molecule has 0 bridgehead atoms. The Morgan fingerprint density at radius 2 is 1.62 bits per heavy atom. The van der Waals surface area contributed by atoms with Crippen molar-refractivity contribution in [2.45, 2.75) is 32.2 Å². The Morgan fingerprint density at radius 1 is 1.03 bits per heavy atom. The van der Waals surface area contributed by atoms with Crippen molar-refractivity contribution < 1.29 is 19.1 Å². The molecular formula is C23H28N2O4. The van der Waals surface area contributed by atoms with Gasteiger partial charge in [0.05, 0.1) is 26.2 Å². The first-order valence-corrected chi connectivity index (χ1v) is 9.95. The lowest BCUT2D eigenvalue weighted by Crippen LogP contribution is -2.33. The molecule has 1 N–H and O–H groups in total. The van der Waals surface area contributed by atoms with Crippen molar-refractivity contribution in [2.75, 3.05) is 26.1 Å². The monoisotopic (exact) mass is 396 g/mol. The van der Waals surface area contributed by atoms with Gasteiger partial charge in [-0.05, 0) is 48.4 Å². The fraction of sp³-hybridized carbons (Fsp3) is 0.391. The summed E-state index contributed by atoms with van der Waals surface area (Å²) in [7, 11) is 3.22. The molecule has 6 heteroatoms. The number of amides is 2. The highest BCUT2D eigenvalue weighted by Gasteiger charge is 2.44. The normalized spacial score (nSPS) is 18.6. The van der Waals surface area contributed by atoms with Gasteiger partial charge in [-0.15, -0.1) is 0 Å². The SMILES string of the molecule is CCCCN1C(=O)CC(C(=O)Nc2ccc(OC)cc2)C1c1ccc(OC)cc1. The van der Waals surface area contributed by atoms with Gasteiger partial charge in [-0.1, -0.05) is 25.5 Å². The molecule has 6 nitrogen and oxygen atoms in total. The molecule has 2 atom stereocenters. The van der Waals surface area contributed by atoms with Crippen LogP contribution in [0.15, 0.2) is 48.5 Å². The maximum Gasteiger partial charge on any atom is 0.230 e. The molecule has 1 fully saturated rings. The molecule has 1 aliphatic heterocycles. The van der Waals surface area contributed by atoms with Gasteiger partial charge in [-0.2, -0.15) is 0 Å². The van der Waals surface area contributed by atoms with Crippen LogP contribution in [-0.2, 0) is 9.59 Å². The van der Waals surface area contributed by atoms with Gasteiger partial charge in [0.15, 0.2) is 0 Å². The molecule has 2 aromatic rings. The minimum Gasteiger partial charge on any atom is -0.497 e. The van der Waals surface area contributed by atoms with Crippen molar-refractivity contribution in [2.24, 2.45) is 5.92 Å². The average molecular weight is 396 g/mol. The number of unbranched alkanes of at least 4 members (excludes halogenated alkanes) is 1. The zero-order valence-electron chi connectivity index (χ0n) is 17.2. The molecule has 2 unspecified atom stereocenters. The second-order valence-corrected chi connectivity index (χ2v) is 7.19. The van der Waals surface area contributed by atoms with E-state index in [9.17, 15) is 9.59 Å². The number of anilines is 1. The molecule has 29 heavy (non-hydrogen) atoms. The molecule has 0 aromatic heterocycles. The summed E-state index contributed by atoms with van der Waals surface area (Å²) in [6, 6.07) is 14.5. The van der Waals surface area contributed by atoms with Crippen LogP contribution in [0.1, 0.15) is 37.8 Å². The van der Waals surface area contributed by atoms with E-state index in [1.165, 1.54) is 0 Å². The second-order valence-electron chi connectivity index (χ2n) is 7.19. The first-order valence-electron chi connectivity index (χ1n) is 9.95. The molecule has 0 aliphatic carbocycles. The third-order valence-electron chi connectivity index (χ3n) is 5.34. The van der Waals surface area contributed by atoms with Crippen molar-refractivity contribution in [3.8, 4) is 11.5 Å². The Labute approximate surface area is 171 Å². The van der Waals surface area contributed by atoms with Gasteiger partial charge >= 0.3 is 0 Å². The van der Waals surface area contributed by atoms with Gasteiger partial charge in [0.1, 0.15) is 11.5 Å². The van der Waals surface area contributed by atoms with Crippen molar-refractivity contribution in [3.63, 3.8) is 0 Å². The highest BCUT2D eigenvalue weighted by molar-refractivity contribution is 5.98. The van der Waals surface area contributed by atoms with E-state index in [0.717, 1.165) is 29.9 Å². The van der Waals surface area contributed by atoms with Gasteiger partial charge in [0.25, 0.3) is 0 Å². The van der Waals surface area contributed by atoms with Crippen molar-refractivity contribution in [1.29, 1.82) is 0 Å². The zero-order chi connectivity index (χ0) is 20.8. The summed E-state index contributed by atoms with van der Waals surface area (Å²) < 4.78 is 10.4. The molecule has 0 radical (unpaired) electrons. The molecule has 0 spiro atoms. The minimum atomic E-state index is -0.449. The summed E-state index contributed by atoms with van der Waals surface area (Å²) >= 11 is 0. The lowest BCUT2D eigenvalue weighted by atomic mass is 9.92. The van der Waals surface area contributed by atoms with E-state index in [2.05, 4.69) is 12.2 Å². The number of methoxy groups -OCH3 is 2. The molecular weight excluding hydrogens is 368 g/mol. The van der Waals surface area contributed by atoms with Gasteiger partial charge in [-0.3, -0.25) is 9.59 Å². The van der Waals surface area contributed by atoms with Crippen LogP contribution in [0.5, 0.6) is 11.5 Å². The van der Waals surface area contributed by atoms with Crippen molar-refractivity contribution in [1.82, 2.24) is 4.90 Å². The first kappa shape index (κ1) is 20.7. The lowest BCUT2D eigenvalue weighted by Gasteiger charge is -2.28. The molecule has 3 rings (SSSR count). The van der Waals surface area contributed by atoms with E-state index < -0.39 is 5.92 Å². The van der Waals surface area contributed by atoms with Crippen LogP contribution in [0.25, 0.3) is 0 Å². The summed E-state index contributed by atoms with van der Waals surface area (Å²) in [5.41, 5.74) is 1.63. The third kappa shape index (κ3) is 4.70. The van der Waals surface area contributed by atoms with E-state index in [1.807, 2.05) is 29.2 Å². The molecule has 1 aliphatic rings. The standard InChI is InChI=1S/C23H28N2O4/c1-4-5-14-25-21(26)15-20(22(25)16-6-10-18(28-2)11-7-16)23(27)24-17-8-12-19(29-3)13-9-17/h6-13,20,22H,4-5,14-15H2,1-3H3,(H,24,27). The molecule has 1 heterocycles. The number of nitrogens with one attached hydrogen (secondary N) is 1. The number of likely N-dealkylation sites (tertiary alicyclic amines) is 1. The number of rotatable bonds is 8. The topological polar surface area (TPSA) is 67.9 Å². The number of hydrogen-bond donors (Lipinski definition) is 1. The highest BCUT2D eigenvalue weighted by Crippen LogP contribution is 2.39. The predicted octanol–water partition coefficient (Wildman–Crippen LogP) is 4.03. The van der Waals surface area contributed by atoms with E-state index in [1.54, 1.807) is 38.5 Å². The predicted molar refractivity (Wildman–Crippen MR) is 112 cm³/mol. The summed E-state index contributed by atoms with van der Waals surface area (Å²) in [5, 5.41) is 2.96. The Hall–Kier alpha value is -3.02. The fourth-order valence-corrected chi connectivity index (χ4v) is 3.74. The number of carbonyl (C=O) groups is 2. The Kier molecular flexibility index (Phi) is 6.75. The smallest absolute Gasteiger partial charge is 0.230 e. The molecule has 2 aromatic carbocycles. The zero-order valence-corrected chi connectivity index (χ0v) is 17.2. The number of carbonyl (C=O) groups excluding carboxylic acids is 2. The Morgan fingerprint density at radius 3 is 2.17 bits per heavy atom. The minimum absolute atomic E-state index is 0.0224. The Bertz CT molecular complexity index is 833. The summed E-state index contributed by atoms with van der Waals surface area (Å²) in [4.78, 5) is 27.7. The fourth-order valence-electron chi connectivity index (χ4n) is 3.74. The molecule has 154 valence electrons. The van der Waals surface area contributed by atoms with Crippen LogP contribution in [0, 0.1) is 5.92 Å². The van der Waals surface area contributed by atoms with E-state index in [4.69, 9.17) is 9.47 Å². The number of hydrogen-bond acceptors (Lipinski definition) is 4. The van der Waals surface area contributed by atoms with Gasteiger partial charge < -0.3 is 19.7 Å². The number of benzene rings is 2. The van der Waals surface area contributed by atoms with E-state index in [0.29, 0.717) is 12.2 Å². The number of ether oxygens (including phenoxy) is 2. The maximum absolute atomic E-state index is 13.1.